The van der Waals surface area contributed by atoms with Crippen LogP contribution in [0.25, 0.3) is 0 Å². The van der Waals surface area contributed by atoms with Crippen LogP contribution in [-0.4, -0.2) is 38.3 Å². The van der Waals surface area contributed by atoms with Crippen molar-refractivity contribution in [2.45, 2.75) is 57.4 Å². The van der Waals surface area contributed by atoms with Gasteiger partial charge in [0.2, 0.25) is 15.9 Å². The van der Waals surface area contributed by atoms with Crippen LogP contribution in [0.5, 0.6) is 5.75 Å². The molecule has 7 heteroatoms. The summed E-state index contributed by atoms with van der Waals surface area (Å²) in [6, 6.07) is 14.7. The van der Waals surface area contributed by atoms with Gasteiger partial charge in [-0.1, -0.05) is 38.1 Å². The van der Waals surface area contributed by atoms with Crippen molar-refractivity contribution in [3.8, 4) is 5.75 Å². The lowest BCUT2D eigenvalue weighted by Crippen LogP contribution is -2.43. The van der Waals surface area contributed by atoms with Gasteiger partial charge in [0, 0.05) is 19.0 Å². The Morgan fingerprint density at radius 2 is 1.56 bits per heavy atom. The number of piperidine rings is 1. The molecule has 0 radical (unpaired) electrons. The minimum atomic E-state index is -3.57. The quantitative estimate of drug-likeness (QED) is 0.633. The van der Waals surface area contributed by atoms with Crippen LogP contribution in [0.1, 0.15) is 63.6 Å². The van der Waals surface area contributed by atoms with Gasteiger partial charge in [-0.2, -0.15) is 4.31 Å². The third-order valence-corrected chi connectivity index (χ3v) is 7.97. The first kappa shape index (κ1) is 24.3. The number of ether oxygens (including phenoxy) is 1. The summed E-state index contributed by atoms with van der Waals surface area (Å²) in [5, 5.41) is 3.10. The molecule has 6 nitrogen and oxygen atoms in total. The molecular weight excluding hydrogens is 424 g/mol. The first-order valence-electron chi connectivity index (χ1n) is 11.4. The summed E-state index contributed by atoms with van der Waals surface area (Å²) in [5.74, 6) is 0.926. The molecule has 3 rings (SSSR count). The van der Waals surface area contributed by atoms with E-state index in [1.165, 1.54) is 9.87 Å². The molecule has 1 aliphatic rings. The average Bonchev–Trinajstić information content (AvgIpc) is 2.79. The Labute approximate surface area is 192 Å². The van der Waals surface area contributed by atoms with Gasteiger partial charge in [-0.3, -0.25) is 4.79 Å². The van der Waals surface area contributed by atoms with Gasteiger partial charge >= 0.3 is 0 Å². The molecule has 1 fully saturated rings. The van der Waals surface area contributed by atoms with Crippen LogP contribution in [0.2, 0.25) is 0 Å². The normalized spacial score (nSPS) is 16.7. The summed E-state index contributed by atoms with van der Waals surface area (Å²) < 4.78 is 32.8. The van der Waals surface area contributed by atoms with E-state index >= 15 is 0 Å². The fourth-order valence-electron chi connectivity index (χ4n) is 3.97. The number of hydrogen-bond donors (Lipinski definition) is 1. The molecule has 1 N–H and O–H groups in total. The lowest BCUT2D eigenvalue weighted by atomic mass is 9.96. The van der Waals surface area contributed by atoms with Crippen LogP contribution >= 0.6 is 0 Å². The number of benzene rings is 2. The van der Waals surface area contributed by atoms with Gasteiger partial charge in [-0.25, -0.2) is 8.42 Å². The van der Waals surface area contributed by atoms with Crippen LogP contribution in [0, 0.1) is 5.92 Å². The second-order valence-corrected chi connectivity index (χ2v) is 10.6. The van der Waals surface area contributed by atoms with Crippen molar-refractivity contribution in [1.29, 1.82) is 0 Å². The van der Waals surface area contributed by atoms with Crippen LogP contribution in [0.4, 0.5) is 0 Å². The third kappa shape index (κ3) is 5.70. The molecule has 1 saturated heterocycles. The number of nitrogens with zero attached hydrogens (tertiary/aromatic N) is 1. The average molecular weight is 459 g/mol. The first-order chi connectivity index (χ1) is 15.2. The number of rotatable bonds is 8. The number of amides is 1. The number of carbonyl (C=O) groups is 1. The largest absolute Gasteiger partial charge is 0.494 e. The molecule has 1 heterocycles. The second-order valence-electron chi connectivity index (χ2n) is 8.63. The van der Waals surface area contributed by atoms with Crippen LogP contribution in [-0.2, 0) is 14.8 Å². The summed E-state index contributed by atoms with van der Waals surface area (Å²) >= 11 is 0. The molecule has 0 aromatic heterocycles. The monoisotopic (exact) mass is 458 g/mol. The Bertz CT molecular complexity index is 993. The van der Waals surface area contributed by atoms with Crippen LogP contribution in [0.15, 0.2) is 53.4 Å². The molecule has 1 amide bonds. The van der Waals surface area contributed by atoms with Gasteiger partial charge < -0.3 is 10.1 Å². The fourth-order valence-corrected chi connectivity index (χ4v) is 5.44. The van der Waals surface area contributed by atoms with Gasteiger partial charge in [-0.05, 0) is 68.0 Å². The predicted molar refractivity (Wildman–Crippen MR) is 126 cm³/mol. The van der Waals surface area contributed by atoms with E-state index < -0.39 is 10.0 Å². The Morgan fingerprint density at radius 3 is 2.09 bits per heavy atom. The maximum absolute atomic E-state index is 13.0. The highest BCUT2D eigenvalue weighted by Crippen LogP contribution is 2.26. The lowest BCUT2D eigenvalue weighted by Gasteiger charge is -2.31. The Hall–Kier alpha value is -2.38. The molecule has 0 aliphatic carbocycles. The highest BCUT2D eigenvalue weighted by Gasteiger charge is 2.32. The van der Waals surface area contributed by atoms with E-state index in [4.69, 9.17) is 4.74 Å². The SMILES string of the molecule is CCOc1ccc(S(=O)(=O)N2CCC(C(=O)NC(C)c3ccc(C(C)C)cc3)CC2)cc1. The third-order valence-electron chi connectivity index (χ3n) is 6.06. The molecule has 32 heavy (non-hydrogen) atoms. The van der Waals surface area contributed by atoms with E-state index in [0.29, 0.717) is 44.2 Å². The van der Waals surface area contributed by atoms with Crippen molar-refractivity contribution in [3.63, 3.8) is 0 Å². The molecular formula is C25H34N2O4S. The zero-order valence-electron chi connectivity index (χ0n) is 19.4. The van der Waals surface area contributed by atoms with Crippen molar-refractivity contribution in [3.05, 3.63) is 59.7 Å². The van der Waals surface area contributed by atoms with E-state index in [0.717, 1.165) is 5.56 Å². The predicted octanol–water partition coefficient (Wildman–Crippen LogP) is 4.49. The molecule has 1 atom stereocenters. The first-order valence-corrected chi connectivity index (χ1v) is 12.8. The standard InChI is InChI=1S/C25H34N2O4S/c1-5-31-23-10-12-24(13-11-23)32(29,30)27-16-14-22(15-17-27)25(28)26-19(4)21-8-6-20(7-9-21)18(2)3/h6-13,18-19,22H,5,14-17H2,1-4H3,(H,26,28). The molecule has 174 valence electrons. The molecule has 0 spiro atoms. The van der Waals surface area contributed by atoms with Crippen molar-refractivity contribution in [2.75, 3.05) is 19.7 Å². The van der Waals surface area contributed by atoms with E-state index in [-0.39, 0.29) is 22.8 Å². The molecule has 2 aromatic carbocycles. The molecule has 1 aliphatic heterocycles. The van der Waals surface area contributed by atoms with Gasteiger partial charge in [0.05, 0.1) is 17.5 Å². The lowest BCUT2D eigenvalue weighted by molar-refractivity contribution is -0.126. The molecule has 2 aromatic rings. The maximum Gasteiger partial charge on any atom is 0.243 e. The minimum Gasteiger partial charge on any atom is -0.494 e. The van der Waals surface area contributed by atoms with E-state index in [1.54, 1.807) is 24.3 Å². The number of hydrogen-bond acceptors (Lipinski definition) is 4. The Kier molecular flexibility index (Phi) is 7.96. The van der Waals surface area contributed by atoms with Crippen molar-refractivity contribution < 1.29 is 17.9 Å². The summed E-state index contributed by atoms with van der Waals surface area (Å²) in [7, 11) is -3.57. The highest BCUT2D eigenvalue weighted by molar-refractivity contribution is 7.89. The smallest absolute Gasteiger partial charge is 0.243 e. The van der Waals surface area contributed by atoms with Crippen molar-refractivity contribution in [1.82, 2.24) is 9.62 Å². The molecule has 0 bridgehead atoms. The maximum atomic E-state index is 13.0. The van der Waals surface area contributed by atoms with Gasteiger partial charge in [0.1, 0.15) is 5.75 Å². The van der Waals surface area contributed by atoms with Crippen LogP contribution < -0.4 is 10.1 Å². The highest BCUT2D eigenvalue weighted by atomic mass is 32.2. The number of nitrogens with one attached hydrogen (secondary N) is 1. The minimum absolute atomic E-state index is 0.0106. The summed E-state index contributed by atoms with van der Waals surface area (Å²) in [5.41, 5.74) is 2.34. The summed E-state index contributed by atoms with van der Waals surface area (Å²) in [6.45, 7) is 9.38. The van der Waals surface area contributed by atoms with E-state index in [1.807, 2.05) is 13.8 Å². The van der Waals surface area contributed by atoms with Crippen molar-refractivity contribution >= 4 is 15.9 Å². The molecule has 1 unspecified atom stereocenters. The van der Waals surface area contributed by atoms with Crippen molar-refractivity contribution in [2.24, 2.45) is 5.92 Å². The fraction of sp³-hybridized carbons (Fsp3) is 0.480. The van der Waals surface area contributed by atoms with Crippen LogP contribution in [0.3, 0.4) is 0 Å². The van der Waals surface area contributed by atoms with Gasteiger partial charge in [0.15, 0.2) is 0 Å². The Balaban J connectivity index is 1.55. The van der Waals surface area contributed by atoms with Gasteiger partial charge in [0.25, 0.3) is 0 Å². The summed E-state index contributed by atoms with van der Waals surface area (Å²) in [4.78, 5) is 13.0. The number of sulfonamides is 1. The Morgan fingerprint density at radius 1 is 1.00 bits per heavy atom. The number of carbonyl (C=O) groups excluding carboxylic acids is 1. The zero-order chi connectivity index (χ0) is 23.3. The van der Waals surface area contributed by atoms with E-state index in [9.17, 15) is 13.2 Å². The molecule has 0 saturated carbocycles. The van der Waals surface area contributed by atoms with Gasteiger partial charge in [-0.15, -0.1) is 0 Å². The topological polar surface area (TPSA) is 75.7 Å². The second kappa shape index (κ2) is 10.5. The van der Waals surface area contributed by atoms with E-state index in [2.05, 4.69) is 43.4 Å². The summed E-state index contributed by atoms with van der Waals surface area (Å²) in [6.07, 6.45) is 1.03. The zero-order valence-corrected chi connectivity index (χ0v) is 20.2.